The maximum Gasteiger partial charge on any atom is 0.247 e. The van der Waals surface area contributed by atoms with Crippen molar-refractivity contribution in [3.8, 4) is 11.5 Å². The highest BCUT2D eigenvalue weighted by Crippen LogP contribution is 2.21. The molecule has 0 atom stereocenters. The van der Waals surface area contributed by atoms with Crippen LogP contribution < -0.4 is 5.32 Å². The first-order chi connectivity index (χ1) is 9.74. The molecular weight excluding hydrogens is 254 g/mol. The number of hydrogen-bond acceptors (Lipinski definition) is 5. The summed E-state index contributed by atoms with van der Waals surface area (Å²) < 4.78 is 5.20. The zero-order valence-corrected chi connectivity index (χ0v) is 11.3. The first kappa shape index (κ1) is 12.4. The summed E-state index contributed by atoms with van der Waals surface area (Å²) in [6.45, 7) is 4.74. The number of nitrogens with one attached hydrogen (secondary N) is 2. The van der Waals surface area contributed by atoms with Crippen LogP contribution in [0.5, 0.6) is 0 Å². The van der Waals surface area contributed by atoms with Crippen molar-refractivity contribution < 1.29 is 4.42 Å². The SMILES string of the molecule is Cc1n[nH]c(C)c1CNc1cccc(-c2nnco2)c1. The number of anilines is 1. The number of benzene rings is 1. The number of hydrogen-bond donors (Lipinski definition) is 2. The molecule has 3 aromatic rings. The molecule has 0 bridgehead atoms. The lowest BCUT2D eigenvalue weighted by Crippen LogP contribution is -2.01. The molecule has 0 unspecified atom stereocenters. The van der Waals surface area contributed by atoms with E-state index in [2.05, 4.69) is 25.7 Å². The minimum Gasteiger partial charge on any atom is -0.423 e. The van der Waals surface area contributed by atoms with Gasteiger partial charge in [-0.15, -0.1) is 10.2 Å². The van der Waals surface area contributed by atoms with E-state index in [1.54, 1.807) is 0 Å². The van der Waals surface area contributed by atoms with Crippen LogP contribution in [-0.2, 0) is 6.54 Å². The Labute approximate surface area is 116 Å². The van der Waals surface area contributed by atoms with Crippen LogP contribution in [0.15, 0.2) is 35.1 Å². The third-order valence-electron chi connectivity index (χ3n) is 3.22. The number of nitrogens with zero attached hydrogens (tertiary/aromatic N) is 3. The second-order valence-corrected chi connectivity index (χ2v) is 4.59. The van der Waals surface area contributed by atoms with Gasteiger partial charge in [-0.2, -0.15) is 5.10 Å². The van der Waals surface area contributed by atoms with Crippen molar-refractivity contribution in [2.75, 3.05) is 5.32 Å². The summed E-state index contributed by atoms with van der Waals surface area (Å²) >= 11 is 0. The molecular formula is C14H15N5O. The van der Waals surface area contributed by atoms with Gasteiger partial charge >= 0.3 is 0 Å². The van der Waals surface area contributed by atoms with E-state index in [9.17, 15) is 0 Å². The third kappa shape index (κ3) is 2.40. The second-order valence-electron chi connectivity index (χ2n) is 4.59. The molecule has 0 spiro atoms. The summed E-state index contributed by atoms with van der Waals surface area (Å²) in [5, 5.41) is 18.1. The molecule has 2 N–H and O–H groups in total. The molecule has 0 aliphatic rings. The summed E-state index contributed by atoms with van der Waals surface area (Å²) in [5.41, 5.74) is 5.19. The van der Waals surface area contributed by atoms with Crippen molar-refractivity contribution in [3.05, 3.63) is 47.6 Å². The van der Waals surface area contributed by atoms with Crippen LogP contribution in [0.25, 0.3) is 11.5 Å². The lowest BCUT2D eigenvalue weighted by molar-refractivity contribution is 0.568. The largest absolute Gasteiger partial charge is 0.423 e. The molecule has 2 aromatic heterocycles. The highest BCUT2D eigenvalue weighted by molar-refractivity contribution is 5.61. The third-order valence-corrected chi connectivity index (χ3v) is 3.22. The van der Waals surface area contributed by atoms with E-state index in [0.717, 1.165) is 29.2 Å². The normalized spacial score (nSPS) is 10.7. The van der Waals surface area contributed by atoms with Crippen molar-refractivity contribution in [2.24, 2.45) is 0 Å². The topological polar surface area (TPSA) is 79.6 Å². The fourth-order valence-electron chi connectivity index (χ4n) is 2.09. The van der Waals surface area contributed by atoms with Crippen LogP contribution in [-0.4, -0.2) is 20.4 Å². The zero-order valence-electron chi connectivity index (χ0n) is 11.3. The van der Waals surface area contributed by atoms with Crippen LogP contribution in [0, 0.1) is 13.8 Å². The van der Waals surface area contributed by atoms with E-state index < -0.39 is 0 Å². The predicted molar refractivity (Wildman–Crippen MR) is 75.1 cm³/mol. The Bertz CT molecular complexity index is 683. The maximum absolute atomic E-state index is 5.20. The molecule has 0 amide bonds. The maximum atomic E-state index is 5.20. The highest BCUT2D eigenvalue weighted by atomic mass is 16.4. The predicted octanol–water partition coefficient (Wildman–Crippen LogP) is 2.69. The van der Waals surface area contributed by atoms with Gasteiger partial charge in [0.15, 0.2) is 0 Å². The van der Waals surface area contributed by atoms with Crippen LogP contribution in [0.4, 0.5) is 5.69 Å². The number of aromatic nitrogens is 4. The Morgan fingerprint density at radius 1 is 1.30 bits per heavy atom. The van der Waals surface area contributed by atoms with Crippen molar-refractivity contribution in [3.63, 3.8) is 0 Å². The fraction of sp³-hybridized carbons (Fsp3) is 0.214. The Morgan fingerprint density at radius 2 is 2.20 bits per heavy atom. The van der Waals surface area contributed by atoms with E-state index >= 15 is 0 Å². The molecule has 0 aliphatic heterocycles. The van der Waals surface area contributed by atoms with E-state index in [0.29, 0.717) is 5.89 Å². The van der Waals surface area contributed by atoms with Gasteiger partial charge < -0.3 is 9.73 Å². The number of H-pyrrole nitrogens is 1. The van der Waals surface area contributed by atoms with E-state index in [1.807, 2.05) is 38.1 Å². The Hall–Kier alpha value is -2.63. The molecule has 0 radical (unpaired) electrons. The molecule has 6 nitrogen and oxygen atoms in total. The molecule has 20 heavy (non-hydrogen) atoms. The van der Waals surface area contributed by atoms with E-state index in [-0.39, 0.29) is 0 Å². The number of aromatic amines is 1. The van der Waals surface area contributed by atoms with Crippen molar-refractivity contribution in [1.82, 2.24) is 20.4 Å². The molecule has 3 rings (SSSR count). The van der Waals surface area contributed by atoms with Crippen LogP contribution >= 0.6 is 0 Å². The average molecular weight is 269 g/mol. The van der Waals surface area contributed by atoms with Gasteiger partial charge in [0.25, 0.3) is 0 Å². The molecule has 2 heterocycles. The monoisotopic (exact) mass is 269 g/mol. The molecule has 102 valence electrons. The minimum absolute atomic E-state index is 0.518. The van der Waals surface area contributed by atoms with Gasteiger partial charge in [-0.1, -0.05) is 6.07 Å². The summed E-state index contributed by atoms with van der Waals surface area (Å²) in [6, 6.07) is 7.88. The lowest BCUT2D eigenvalue weighted by Gasteiger charge is -2.07. The van der Waals surface area contributed by atoms with Gasteiger partial charge in [-0.3, -0.25) is 5.10 Å². The van der Waals surface area contributed by atoms with Crippen molar-refractivity contribution in [1.29, 1.82) is 0 Å². The molecule has 0 saturated carbocycles. The van der Waals surface area contributed by atoms with Crippen LogP contribution in [0.3, 0.4) is 0 Å². The molecule has 0 saturated heterocycles. The van der Waals surface area contributed by atoms with Gasteiger partial charge in [0.2, 0.25) is 12.3 Å². The zero-order chi connectivity index (χ0) is 13.9. The van der Waals surface area contributed by atoms with Crippen LogP contribution in [0.2, 0.25) is 0 Å². The molecule has 0 aliphatic carbocycles. The number of rotatable bonds is 4. The number of aryl methyl sites for hydroxylation is 2. The van der Waals surface area contributed by atoms with Crippen LogP contribution in [0.1, 0.15) is 17.0 Å². The van der Waals surface area contributed by atoms with E-state index in [1.165, 1.54) is 12.0 Å². The van der Waals surface area contributed by atoms with Gasteiger partial charge in [-0.25, -0.2) is 0 Å². The summed E-state index contributed by atoms with van der Waals surface area (Å²) in [4.78, 5) is 0. The Morgan fingerprint density at radius 3 is 2.90 bits per heavy atom. The average Bonchev–Trinajstić information content (AvgIpc) is 3.09. The standard InChI is InChI=1S/C14H15N5O/c1-9-13(10(2)18-17-9)7-15-12-5-3-4-11(6-12)14-19-16-8-20-14/h3-6,8,15H,7H2,1-2H3,(H,17,18). The molecule has 0 fully saturated rings. The van der Waals surface area contributed by atoms with Gasteiger partial charge in [0.05, 0.1) is 5.69 Å². The van der Waals surface area contributed by atoms with Crippen molar-refractivity contribution in [2.45, 2.75) is 20.4 Å². The van der Waals surface area contributed by atoms with Crippen molar-refractivity contribution >= 4 is 5.69 Å². The van der Waals surface area contributed by atoms with Gasteiger partial charge in [0, 0.05) is 29.1 Å². The Kier molecular flexibility index (Phi) is 3.20. The first-order valence-electron chi connectivity index (χ1n) is 6.35. The lowest BCUT2D eigenvalue weighted by atomic mass is 10.1. The summed E-state index contributed by atoms with van der Waals surface area (Å²) in [7, 11) is 0. The highest BCUT2D eigenvalue weighted by Gasteiger charge is 2.07. The molecule has 6 heteroatoms. The second kappa shape index (κ2) is 5.16. The van der Waals surface area contributed by atoms with Gasteiger partial charge in [-0.05, 0) is 32.0 Å². The minimum atomic E-state index is 0.518. The van der Waals surface area contributed by atoms with E-state index in [4.69, 9.17) is 4.42 Å². The van der Waals surface area contributed by atoms with Gasteiger partial charge in [0.1, 0.15) is 0 Å². The first-order valence-corrected chi connectivity index (χ1v) is 6.35. The fourth-order valence-corrected chi connectivity index (χ4v) is 2.09. The summed E-state index contributed by atoms with van der Waals surface area (Å²) in [6.07, 6.45) is 1.33. The quantitative estimate of drug-likeness (QED) is 0.761. The molecule has 1 aromatic carbocycles. The smallest absolute Gasteiger partial charge is 0.247 e. The Balaban J connectivity index is 1.77. The summed E-state index contributed by atoms with van der Waals surface area (Å²) in [5.74, 6) is 0.518.